The second kappa shape index (κ2) is 36.9. The molecule has 1 saturated heterocycles. The fourth-order valence-corrected chi connectivity index (χ4v) is 0.575. The molecule has 0 unspecified atom stereocenters. The molecule has 1 aliphatic heterocycles. The van der Waals surface area contributed by atoms with Crippen molar-refractivity contribution in [1.29, 1.82) is 0 Å². The second-order valence-electron chi connectivity index (χ2n) is 2.00. The maximum atomic E-state index is 7.92. The molecule has 1 heterocycles. The number of rotatable bonds is 1. The molecule has 4 heteroatoms. The Morgan fingerprint density at radius 1 is 1.20 bits per heavy atom. The van der Waals surface area contributed by atoms with E-state index in [0.717, 1.165) is 13.2 Å². The molecule has 0 aliphatic carbocycles. The SMILES string of the molecule is C#C.C#CCCO.C1CCOC1.[CH3-].[Cl-].[Mg+2]. The van der Waals surface area contributed by atoms with E-state index in [9.17, 15) is 0 Å². The summed E-state index contributed by atoms with van der Waals surface area (Å²) in [6.45, 7) is 2.11. The molecule has 0 amide bonds. The summed E-state index contributed by atoms with van der Waals surface area (Å²) in [5.41, 5.74) is 0. The van der Waals surface area contributed by atoms with Crippen molar-refractivity contribution in [2.24, 2.45) is 0 Å². The number of aliphatic hydroxyl groups is 1. The molecule has 0 aromatic rings. The van der Waals surface area contributed by atoms with Crippen molar-refractivity contribution >= 4 is 23.1 Å². The largest absolute Gasteiger partial charge is 2.00 e. The molecule has 84 valence electrons. The molecule has 15 heavy (non-hydrogen) atoms. The summed E-state index contributed by atoms with van der Waals surface area (Å²) < 4.78 is 4.94. The van der Waals surface area contributed by atoms with Gasteiger partial charge in [-0.15, -0.1) is 25.2 Å². The minimum absolute atomic E-state index is 0. The molecule has 1 rings (SSSR count). The van der Waals surface area contributed by atoms with Crippen molar-refractivity contribution in [3.8, 4) is 25.2 Å². The number of halogens is 1. The van der Waals surface area contributed by atoms with Gasteiger partial charge in [0.15, 0.2) is 0 Å². The van der Waals surface area contributed by atoms with Crippen LogP contribution in [0.5, 0.6) is 0 Å². The molecular weight excluding hydrogens is 224 g/mol. The first kappa shape index (κ1) is 29.4. The molecule has 1 N–H and O–H groups in total. The normalized spacial score (nSPS) is 10.3. The van der Waals surface area contributed by atoms with Crippen LogP contribution in [0.2, 0.25) is 0 Å². The van der Waals surface area contributed by atoms with E-state index in [1.54, 1.807) is 0 Å². The van der Waals surface area contributed by atoms with Gasteiger partial charge in [0.1, 0.15) is 0 Å². The summed E-state index contributed by atoms with van der Waals surface area (Å²) in [5, 5.41) is 7.92. The Morgan fingerprint density at radius 3 is 1.67 bits per heavy atom. The summed E-state index contributed by atoms with van der Waals surface area (Å²) in [5.74, 6) is 2.27. The third-order valence-electron chi connectivity index (χ3n) is 1.08. The molecule has 0 spiro atoms. The van der Waals surface area contributed by atoms with Gasteiger partial charge in [-0.25, -0.2) is 0 Å². The standard InChI is InChI=1S/C4H8O.C4H6O.C2H2.CH3.ClH.Mg/c1-2-4-5-3-1;1-2-3-4-5;1-2;;;/h1-4H2;1,5H,3-4H2;1-2H;1H3;1H;/q;;;-1;;+2/p-1. The molecule has 0 bridgehead atoms. The van der Waals surface area contributed by atoms with Gasteiger partial charge in [-0.3, -0.25) is 0 Å². The van der Waals surface area contributed by atoms with E-state index >= 15 is 0 Å². The van der Waals surface area contributed by atoms with E-state index in [0.29, 0.717) is 6.42 Å². The summed E-state index contributed by atoms with van der Waals surface area (Å²) >= 11 is 0. The van der Waals surface area contributed by atoms with E-state index in [1.807, 2.05) is 0 Å². The van der Waals surface area contributed by atoms with Crippen LogP contribution in [0.1, 0.15) is 19.3 Å². The Bertz CT molecular complexity index is 121. The fraction of sp³-hybridized carbons (Fsp3) is 0.545. The first-order valence-electron chi connectivity index (χ1n) is 3.87. The first-order chi connectivity index (χ1) is 5.91. The molecule has 0 saturated carbocycles. The quantitative estimate of drug-likeness (QED) is 0.332. The van der Waals surface area contributed by atoms with Crippen LogP contribution < -0.4 is 12.4 Å². The minimum atomic E-state index is 0. The van der Waals surface area contributed by atoms with Crippen LogP contribution in [0.4, 0.5) is 0 Å². The average Bonchev–Trinajstić information content (AvgIpc) is 2.67. The molecule has 0 aromatic carbocycles. The van der Waals surface area contributed by atoms with Gasteiger partial charge in [-0.2, -0.15) is 0 Å². The van der Waals surface area contributed by atoms with Gasteiger partial charge >= 0.3 is 23.1 Å². The van der Waals surface area contributed by atoms with E-state index in [-0.39, 0.29) is 49.5 Å². The number of ether oxygens (including phenoxy) is 1. The van der Waals surface area contributed by atoms with Crippen molar-refractivity contribution in [3.63, 3.8) is 0 Å². The average molecular weight is 243 g/mol. The van der Waals surface area contributed by atoms with E-state index in [1.165, 1.54) is 12.8 Å². The van der Waals surface area contributed by atoms with E-state index in [2.05, 4.69) is 18.8 Å². The van der Waals surface area contributed by atoms with Gasteiger partial charge in [0.05, 0.1) is 6.61 Å². The van der Waals surface area contributed by atoms with Crippen molar-refractivity contribution < 1.29 is 22.3 Å². The van der Waals surface area contributed by atoms with Crippen LogP contribution in [-0.2, 0) is 4.74 Å². The fourth-order valence-electron chi connectivity index (χ4n) is 0.575. The molecule has 1 fully saturated rings. The summed E-state index contributed by atoms with van der Waals surface area (Å²) in [7, 11) is 0. The Morgan fingerprint density at radius 2 is 1.60 bits per heavy atom. The summed E-state index contributed by atoms with van der Waals surface area (Å²) in [6, 6.07) is 0. The molecule has 0 atom stereocenters. The molecule has 2 nitrogen and oxygen atoms in total. The predicted octanol–water partition coefficient (Wildman–Crippen LogP) is -1.88. The van der Waals surface area contributed by atoms with Crippen LogP contribution >= 0.6 is 0 Å². The Hall–Kier alpha value is 0.0962. The zero-order chi connectivity index (χ0) is 9.66. The summed E-state index contributed by atoms with van der Waals surface area (Å²) in [4.78, 5) is 0. The minimum Gasteiger partial charge on any atom is -1.00 e. The third-order valence-corrected chi connectivity index (χ3v) is 1.08. The maximum Gasteiger partial charge on any atom is 2.00 e. The molecule has 1 aliphatic rings. The van der Waals surface area contributed by atoms with E-state index in [4.69, 9.17) is 16.3 Å². The van der Waals surface area contributed by atoms with Crippen molar-refractivity contribution in [1.82, 2.24) is 0 Å². The summed E-state index contributed by atoms with van der Waals surface area (Å²) in [6.07, 6.45) is 15.8. The van der Waals surface area contributed by atoms with Gasteiger partial charge in [0, 0.05) is 19.6 Å². The van der Waals surface area contributed by atoms with Gasteiger partial charge < -0.3 is 29.7 Å². The van der Waals surface area contributed by atoms with E-state index < -0.39 is 0 Å². The van der Waals surface area contributed by atoms with Gasteiger partial charge in [0.25, 0.3) is 0 Å². The van der Waals surface area contributed by atoms with Crippen LogP contribution in [0, 0.1) is 32.6 Å². The first-order valence-corrected chi connectivity index (χ1v) is 3.87. The number of terminal acetylenes is 2. The van der Waals surface area contributed by atoms with Crippen molar-refractivity contribution in [3.05, 3.63) is 7.43 Å². The van der Waals surface area contributed by atoms with Crippen molar-refractivity contribution in [2.45, 2.75) is 19.3 Å². The monoisotopic (exact) mass is 242 g/mol. The number of hydrogen-bond acceptors (Lipinski definition) is 2. The van der Waals surface area contributed by atoms with Gasteiger partial charge in [-0.05, 0) is 12.8 Å². The smallest absolute Gasteiger partial charge is 1.00 e. The molecule has 0 radical (unpaired) electrons. The van der Waals surface area contributed by atoms with Crippen LogP contribution in [0.25, 0.3) is 0 Å². The molecular formula is C11H19ClMgO2. The Kier molecular flexibility index (Phi) is 72.4. The van der Waals surface area contributed by atoms with Crippen LogP contribution in [-0.4, -0.2) is 48.0 Å². The van der Waals surface area contributed by atoms with Gasteiger partial charge in [0.2, 0.25) is 0 Å². The zero-order valence-corrected chi connectivity index (χ0v) is 11.6. The topological polar surface area (TPSA) is 29.5 Å². The van der Waals surface area contributed by atoms with Crippen molar-refractivity contribution in [2.75, 3.05) is 19.8 Å². The Balaban J connectivity index is -0.0000000326. The molecule has 0 aromatic heterocycles. The predicted molar refractivity (Wildman–Crippen MR) is 62.6 cm³/mol. The van der Waals surface area contributed by atoms with Gasteiger partial charge in [-0.1, -0.05) is 0 Å². The number of aliphatic hydroxyl groups excluding tert-OH is 1. The van der Waals surface area contributed by atoms with Crippen LogP contribution in [0.3, 0.4) is 0 Å². The zero-order valence-electron chi connectivity index (χ0n) is 9.42. The second-order valence-corrected chi connectivity index (χ2v) is 2.00. The maximum absolute atomic E-state index is 7.92. The van der Waals surface area contributed by atoms with Crippen LogP contribution in [0.15, 0.2) is 0 Å². The third kappa shape index (κ3) is 41.0. The Labute approximate surface area is 117 Å². The number of hydrogen-bond donors (Lipinski definition) is 1.